The average Bonchev–Trinajstić information content (AvgIpc) is 3.22. The topological polar surface area (TPSA) is 81.6 Å². The lowest BCUT2D eigenvalue weighted by Gasteiger charge is -2.36. The monoisotopic (exact) mass is 325 g/mol. The van der Waals surface area contributed by atoms with Gasteiger partial charge in [0.1, 0.15) is 0 Å². The molecule has 0 radical (unpaired) electrons. The third-order valence-corrected chi connectivity index (χ3v) is 4.92. The molecule has 24 heavy (non-hydrogen) atoms. The third kappa shape index (κ3) is 2.37. The number of hydroxylamine groups is 1. The standard InChI is InChI=1S/C17H19N5O2/c1-11-4-2-3-5-15(11)21-9-14-6-13(21)10-22(14)17-18-7-12(8-19-17)16(23)20-24/h2-5,7-8,13-14,24H,6,9-10H2,1H3,(H,20,23)/t13-,14+/m1/s1. The minimum absolute atomic E-state index is 0.243. The smallest absolute Gasteiger partial charge is 0.277 e. The number of rotatable bonds is 3. The van der Waals surface area contributed by atoms with Crippen molar-refractivity contribution in [2.75, 3.05) is 22.9 Å². The van der Waals surface area contributed by atoms with Crippen LogP contribution >= 0.6 is 0 Å². The van der Waals surface area contributed by atoms with Crippen LogP contribution in [0, 0.1) is 6.92 Å². The molecule has 2 N–H and O–H groups in total. The van der Waals surface area contributed by atoms with Gasteiger partial charge in [-0.15, -0.1) is 0 Å². The SMILES string of the molecule is Cc1ccccc1N1C[C@@H]2C[C@@H]1CN2c1ncc(C(=O)NO)cn1. The van der Waals surface area contributed by atoms with Crippen molar-refractivity contribution < 1.29 is 10.0 Å². The van der Waals surface area contributed by atoms with Gasteiger partial charge in [0, 0.05) is 37.2 Å². The number of carbonyl (C=O) groups is 1. The molecule has 1 aromatic heterocycles. The van der Waals surface area contributed by atoms with Crippen LogP contribution < -0.4 is 15.3 Å². The van der Waals surface area contributed by atoms with Crippen molar-refractivity contribution in [3.05, 3.63) is 47.8 Å². The molecule has 2 fully saturated rings. The molecule has 0 spiro atoms. The van der Waals surface area contributed by atoms with E-state index >= 15 is 0 Å². The van der Waals surface area contributed by atoms with Gasteiger partial charge in [-0.25, -0.2) is 15.4 Å². The fraction of sp³-hybridized carbons (Fsp3) is 0.353. The average molecular weight is 325 g/mol. The maximum atomic E-state index is 11.3. The Morgan fingerprint density at radius 3 is 2.46 bits per heavy atom. The van der Waals surface area contributed by atoms with Crippen LogP contribution in [0.5, 0.6) is 0 Å². The van der Waals surface area contributed by atoms with E-state index in [-0.39, 0.29) is 5.56 Å². The molecule has 7 heteroatoms. The van der Waals surface area contributed by atoms with E-state index in [0.29, 0.717) is 18.0 Å². The van der Waals surface area contributed by atoms with E-state index in [0.717, 1.165) is 19.5 Å². The van der Waals surface area contributed by atoms with Crippen molar-refractivity contribution in [3.8, 4) is 0 Å². The lowest BCUT2D eigenvalue weighted by Crippen LogP contribution is -2.47. The summed E-state index contributed by atoms with van der Waals surface area (Å²) in [4.78, 5) is 24.6. The first-order chi connectivity index (χ1) is 11.7. The molecular weight excluding hydrogens is 306 g/mol. The number of piperazine rings is 1. The van der Waals surface area contributed by atoms with E-state index in [9.17, 15) is 4.79 Å². The molecule has 2 saturated heterocycles. The number of carbonyl (C=O) groups excluding carboxylic acids is 1. The first-order valence-electron chi connectivity index (χ1n) is 8.03. The first-order valence-corrected chi connectivity index (χ1v) is 8.03. The summed E-state index contributed by atoms with van der Waals surface area (Å²) in [6.07, 6.45) is 3.98. The normalized spacial score (nSPS) is 22.1. The molecule has 1 aromatic carbocycles. The third-order valence-electron chi connectivity index (χ3n) is 4.92. The number of hydrogen-bond acceptors (Lipinski definition) is 6. The Hall–Kier alpha value is -2.67. The van der Waals surface area contributed by atoms with Crippen molar-refractivity contribution in [1.29, 1.82) is 0 Å². The van der Waals surface area contributed by atoms with E-state index in [1.165, 1.54) is 23.6 Å². The molecule has 1 amide bonds. The van der Waals surface area contributed by atoms with Crippen LogP contribution in [-0.4, -0.2) is 46.3 Å². The highest BCUT2D eigenvalue weighted by molar-refractivity contribution is 5.92. The van der Waals surface area contributed by atoms with Crippen LogP contribution in [0.15, 0.2) is 36.7 Å². The molecule has 4 rings (SSSR count). The second-order valence-corrected chi connectivity index (χ2v) is 6.35. The summed E-state index contributed by atoms with van der Waals surface area (Å²) in [5, 5.41) is 8.64. The number of nitrogens with zero attached hydrogens (tertiary/aromatic N) is 4. The summed E-state index contributed by atoms with van der Waals surface area (Å²) < 4.78 is 0. The van der Waals surface area contributed by atoms with Gasteiger partial charge in [-0.2, -0.15) is 0 Å². The lowest BCUT2D eigenvalue weighted by atomic mass is 10.1. The molecule has 0 saturated carbocycles. The number of nitrogens with one attached hydrogen (secondary N) is 1. The maximum absolute atomic E-state index is 11.3. The van der Waals surface area contributed by atoms with Gasteiger partial charge in [0.05, 0.1) is 11.6 Å². The second-order valence-electron chi connectivity index (χ2n) is 6.35. The highest BCUT2D eigenvalue weighted by Gasteiger charge is 2.44. The van der Waals surface area contributed by atoms with Crippen molar-refractivity contribution in [2.45, 2.75) is 25.4 Å². The molecule has 2 aliphatic rings. The van der Waals surface area contributed by atoms with Gasteiger partial charge in [0.2, 0.25) is 5.95 Å². The fourth-order valence-corrected chi connectivity index (χ4v) is 3.74. The van der Waals surface area contributed by atoms with Gasteiger partial charge >= 0.3 is 0 Å². The molecule has 0 unspecified atom stereocenters. The van der Waals surface area contributed by atoms with Crippen LogP contribution in [0.3, 0.4) is 0 Å². The van der Waals surface area contributed by atoms with Crippen molar-refractivity contribution >= 4 is 17.5 Å². The predicted molar refractivity (Wildman–Crippen MR) is 89.3 cm³/mol. The number of aryl methyl sites for hydroxylation is 1. The minimum Gasteiger partial charge on any atom is -0.364 e. The predicted octanol–water partition coefficient (Wildman–Crippen LogP) is 1.37. The van der Waals surface area contributed by atoms with Crippen LogP contribution in [0.25, 0.3) is 0 Å². The van der Waals surface area contributed by atoms with E-state index < -0.39 is 5.91 Å². The first kappa shape index (κ1) is 14.9. The highest BCUT2D eigenvalue weighted by Crippen LogP contribution is 2.37. The Kier molecular flexibility index (Phi) is 3.57. The number of para-hydroxylation sites is 1. The van der Waals surface area contributed by atoms with Gasteiger partial charge in [-0.1, -0.05) is 18.2 Å². The molecule has 124 valence electrons. The highest BCUT2D eigenvalue weighted by atomic mass is 16.5. The van der Waals surface area contributed by atoms with Gasteiger partial charge in [-0.05, 0) is 25.0 Å². The Morgan fingerprint density at radius 1 is 1.17 bits per heavy atom. The number of aromatic nitrogens is 2. The summed E-state index contributed by atoms with van der Waals surface area (Å²) in [6.45, 7) is 3.98. The van der Waals surface area contributed by atoms with Crippen molar-refractivity contribution in [1.82, 2.24) is 15.4 Å². The fourth-order valence-electron chi connectivity index (χ4n) is 3.74. The lowest BCUT2D eigenvalue weighted by molar-refractivity contribution is 0.0705. The number of amides is 1. The molecule has 2 atom stereocenters. The van der Waals surface area contributed by atoms with Crippen molar-refractivity contribution in [3.63, 3.8) is 0 Å². The van der Waals surface area contributed by atoms with Crippen LogP contribution in [0.4, 0.5) is 11.6 Å². The summed E-state index contributed by atoms with van der Waals surface area (Å²) in [7, 11) is 0. The zero-order chi connectivity index (χ0) is 16.7. The van der Waals surface area contributed by atoms with E-state index in [4.69, 9.17) is 5.21 Å². The van der Waals surface area contributed by atoms with Gasteiger partial charge < -0.3 is 9.80 Å². The zero-order valence-electron chi connectivity index (χ0n) is 13.4. The Balaban J connectivity index is 1.50. The molecule has 2 aromatic rings. The molecule has 0 aliphatic carbocycles. The zero-order valence-corrected chi connectivity index (χ0v) is 13.4. The van der Waals surface area contributed by atoms with E-state index in [2.05, 4.69) is 51.0 Å². The van der Waals surface area contributed by atoms with E-state index in [1.54, 1.807) is 5.48 Å². The van der Waals surface area contributed by atoms with Gasteiger partial charge in [-0.3, -0.25) is 10.0 Å². The van der Waals surface area contributed by atoms with Crippen LogP contribution in [0.2, 0.25) is 0 Å². The Bertz CT molecular complexity index is 764. The van der Waals surface area contributed by atoms with E-state index in [1.807, 2.05) is 0 Å². The van der Waals surface area contributed by atoms with Gasteiger partial charge in [0.25, 0.3) is 5.91 Å². The molecular formula is C17H19N5O2. The van der Waals surface area contributed by atoms with Gasteiger partial charge in [0.15, 0.2) is 0 Å². The minimum atomic E-state index is -0.602. The number of anilines is 2. The number of hydrogen-bond donors (Lipinski definition) is 2. The summed E-state index contributed by atoms with van der Waals surface area (Å²) in [6, 6.07) is 9.32. The summed E-state index contributed by atoms with van der Waals surface area (Å²) in [5.41, 5.74) is 4.43. The number of fused-ring (bicyclic) bond motifs is 2. The van der Waals surface area contributed by atoms with Crippen LogP contribution in [-0.2, 0) is 0 Å². The molecule has 7 nitrogen and oxygen atoms in total. The molecule has 2 bridgehead atoms. The largest absolute Gasteiger partial charge is 0.364 e. The Morgan fingerprint density at radius 2 is 1.83 bits per heavy atom. The molecule has 2 aliphatic heterocycles. The Labute approximate surface area is 139 Å². The maximum Gasteiger partial charge on any atom is 0.277 e. The van der Waals surface area contributed by atoms with Crippen LogP contribution in [0.1, 0.15) is 22.3 Å². The molecule has 3 heterocycles. The van der Waals surface area contributed by atoms with Crippen molar-refractivity contribution in [2.24, 2.45) is 0 Å². The number of benzene rings is 1. The quantitative estimate of drug-likeness (QED) is 0.655. The summed E-state index contributed by atoms with van der Waals surface area (Å²) in [5.74, 6) is 0.0386. The summed E-state index contributed by atoms with van der Waals surface area (Å²) >= 11 is 0. The second kappa shape index (κ2) is 5.76.